The van der Waals surface area contributed by atoms with Gasteiger partial charge in [0.05, 0.1) is 0 Å². The number of rotatable bonds is 3. The summed E-state index contributed by atoms with van der Waals surface area (Å²) in [5.74, 6) is 0. The molecule has 1 fully saturated rings. The summed E-state index contributed by atoms with van der Waals surface area (Å²) in [4.78, 5) is 2.61. The van der Waals surface area contributed by atoms with Crippen LogP contribution < -0.4 is 5.73 Å². The third-order valence-corrected chi connectivity index (χ3v) is 3.99. The molecule has 1 aliphatic heterocycles. The fraction of sp³-hybridized carbons (Fsp3) is 0.625. The highest BCUT2D eigenvalue weighted by Crippen LogP contribution is 2.16. The van der Waals surface area contributed by atoms with Gasteiger partial charge in [0.25, 0.3) is 0 Å². The van der Waals surface area contributed by atoms with Crippen molar-refractivity contribution in [3.63, 3.8) is 0 Å². The molecule has 1 saturated heterocycles. The Kier molecular flexibility index (Phi) is 5.21. The van der Waals surface area contributed by atoms with Gasteiger partial charge in [-0.2, -0.15) is 0 Å². The van der Waals surface area contributed by atoms with Gasteiger partial charge in [0.2, 0.25) is 0 Å². The van der Waals surface area contributed by atoms with Crippen molar-refractivity contribution in [1.29, 1.82) is 0 Å². The molecule has 0 amide bonds. The lowest BCUT2D eigenvalue weighted by molar-refractivity contribution is 0.239. The lowest BCUT2D eigenvalue weighted by atomic mass is 10.0. The van der Waals surface area contributed by atoms with Crippen molar-refractivity contribution >= 4 is 0 Å². The highest BCUT2D eigenvalue weighted by atomic mass is 15.1. The molecule has 0 aromatic heterocycles. The Labute approximate surface area is 111 Å². The predicted octanol–water partition coefficient (Wildman–Crippen LogP) is 3.22. The lowest BCUT2D eigenvalue weighted by Crippen LogP contribution is -2.27. The number of nitrogens with zero attached hydrogens (tertiary/aromatic N) is 1. The molecule has 18 heavy (non-hydrogen) atoms. The minimum atomic E-state index is 0.644. The normalized spacial score (nSPS) is 18.3. The van der Waals surface area contributed by atoms with Gasteiger partial charge < -0.3 is 5.73 Å². The Morgan fingerprint density at radius 2 is 1.72 bits per heavy atom. The van der Waals surface area contributed by atoms with Gasteiger partial charge in [-0.3, -0.25) is 4.90 Å². The summed E-state index contributed by atoms with van der Waals surface area (Å²) in [5.41, 5.74) is 9.77. The van der Waals surface area contributed by atoms with Gasteiger partial charge in [-0.15, -0.1) is 0 Å². The first kappa shape index (κ1) is 13.6. The van der Waals surface area contributed by atoms with E-state index in [0.29, 0.717) is 6.54 Å². The minimum Gasteiger partial charge on any atom is -0.326 e. The number of benzene rings is 1. The number of nitrogens with two attached hydrogens (primary N) is 1. The zero-order valence-corrected chi connectivity index (χ0v) is 11.6. The Morgan fingerprint density at radius 3 is 2.33 bits per heavy atom. The molecule has 0 atom stereocenters. The molecular weight excluding hydrogens is 220 g/mol. The van der Waals surface area contributed by atoms with Crippen LogP contribution in [0.4, 0.5) is 0 Å². The summed E-state index contributed by atoms with van der Waals surface area (Å²) in [6.07, 6.45) is 6.96. The highest BCUT2D eigenvalue weighted by molar-refractivity contribution is 5.31. The smallest absolute Gasteiger partial charge is 0.0236 e. The van der Waals surface area contributed by atoms with Gasteiger partial charge >= 0.3 is 0 Å². The molecule has 2 heteroatoms. The van der Waals surface area contributed by atoms with Crippen LogP contribution in [0.3, 0.4) is 0 Å². The molecule has 2 N–H and O–H groups in total. The van der Waals surface area contributed by atoms with Crippen molar-refractivity contribution in [2.24, 2.45) is 5.73 Å². The summed E-state index contributed by atoms with van der Waals surface area (Å²) < 4.78 is 0. The third-order valence-electron chi connectivity index (χ3n) is 3.99. The van der Waals surface area contributed by atoms with Crippen molar-refractivity contribution in [3.8, 4) is 0 Å². The second-order valence-electron chi connectivity index (χ2n) is 5.51. The summed E-state index contributed by atoms with van der Waals surface area (Å²) in [6, 6.07) is 6.67. The summed E-state index contributed by atoms with van der Waals surface area (Å²) >= 11 is 0. The Hall–Kier alpha value is -0.860. The molecule has 1 aromatic carbocycles. The van der Waals surface area contributed by atoms with E-state index >= 15 is 0 Å². The standard InChI is InChI=1S/C16H26N2/c1-14-11-15(12-17)7-8-16(14)13-18-9-5-3-2-4-6-10-18/h7-8,11H,2-6,9-10,12-13,17H2,1H3. The van der Waals surface area contributed by atoms with Crippen LogP contribution in [-0.2, 0) is 13.1 Å². The van der Waals surface area contributed by atoms with Crippen LogP contribution >= 0.6 is 0 Å². The maximum atomic E-state index is 5.68. The monoisotopic (exact) mass is 246 g/mol. The topological polar surface area (TPSA) is 29.3 Å². The zero-order valence-electron chi connectivity index (χ0n) is 11.6. The fourth-order valence-electron chi connectivity index (χ4n) is 2.77. The second-order valence-corrected chi connectivity index (χ2v) is 5.51. The van der Waals surface area contributed by atoms with Crippen LogP contribution in [0.25, 0.3) is 0 Å². The molecule has 0 radical (unpaired) electrons. The van der Waals surface area contributed by atoms with Gasteiger partial charge in [-0.25, -0.2) is 0 Å². The molecule has 0 spiro atoms. The van der Waals surface area contributed by atoms with Gasteiger partial charge in [0.15, 0.2) is 0 Å². The quantitative estimate of drug-likeness (QED) is 0.887. The molecule has 100 valence electrons. The summed E-state index contributed by atoms with van der Waals surface area (Å²) in [5, 5.41) is 0. The molecular formula is C16H26N2. The van der Waals surface area contributed by atoms with E-state index in [1.807, 2.05) is 0 Å². The predicted molar refractivity (Wildman–Crippen MR) is 77.4 cm³/mol. The van der Waals surface area contributed by atoms with Crippen molar-refractivity contribution in [1.82, 2.24) is 4.90 Å². The second kappa shape index (κ2) is 6.91. The Bertz CT molecular complexity index is 365. The van der Waals surface area contributed by atoms with E-state index in [1.54, 1.807) is 0 Å². The van der Waals surface area contributed by atoms with E-state index in [9.17, 15) is 0 Å². The van der Waals surface area contributed by atoms with E-state index < -0.39 is 0 Å². The van der Waals surface area contributed by atoms with Gasteiger partial charge in [-0.05, 0) is 49.5 Å². The van der Waals surface area contributed by atoms with Crippen molar-refractivity contribution < 1.29 is 0 Å². The number of hydrogen-bond donors (Lipinski definition) is 1. The van der Waals surface area contributed by atoms with Crippen molar-refractivity contribution in [2.75, 3.05) is 13.1 Å². The maximum absolute atomic E-state index is 5.68. The SMILES string of the molecule is Cc1cc(CN)ccc1CN1CCCCCCC1. The zero-order chi connectivity index (χ0) is 12.8. The number of aryl methyl sites for hydroxylation is 1. The molecule has 0 bridgehead atoms. The molecule has 0 unspecified atom stereocenters. The van der Waals surface area contributed by atoms with Crippen LogP contribution in [0.15, 0.2) is 18.2 Å². The van der Waals surface area contributed by atoms with Gasteiger partial charge in [0.1, 0.15) is 0 Å². The first-order valence-corrected chi connectivity index (χ1v) is 7.30. The van der Waals surface area contributed by atoms with Crippen LogP contribution in [0.2, 0.25) is 0 Å². The van der Waals surface area contributed by atoms with Crippen LogP contribution in [0, 0.1) is 6.92 Å². The molecule has 0 aliphatic carbocycles. The maximum Gasteiger partial charge on any atom is 0.0236 e. The van der Waals surface area contributed by atoms with E-state index in [4.69, 9.17) is 5.73 Å². The average molecular weight is 246 g/mol. The average Bonchev–Trinajstić information content (AvgIpc) is 2.34. The Morgan fingerprint density at radius 1 is 1.06 bits per heavy atom. The van der Waals surface area contributed by atoms with E-state index in [0.717, 1.165) is 6.54 Å². The van der Waals surface area contributed by atoms with Crippen molar-refractivity contribution in [2.45, 2.75) is 52.1 Å². The van der Waals surface area contributed by atoms with Crippen LogP contribution in [0.5, 0.6) is 0 Å². The molecule has 1 heterocycles. The van der Waals surface area contributed by atoms with Gasteiger partial charge in [0, 0.05) is 13.1 Å². The Balaban J connectivity index is 1.98. The largest absolute Gasteiger partial charge is 0.326 e. The van der Waals surface area contributed by atoms with E-state index in [-0.39, 0.29) is 0 Å². The molecule has 2 rings (SSSR count). The molecule has 0 saturated carbocycles. The van der Waals surface area contributed by atoms with Crippen LogP contribution in [0.1, 0.15) is 48.8 Å². The molecule has 1 aromatic rings. The lowest BCUT2D eigenvalue weighted by Gasteiger charge is -2.25. The minimum absolute atomic E-state index is 0.644. The van der Waals surface area contributed by atoms with Crippen molar-refractivity contribution in [3.05, 3.63) is 34.9 Å². The third kappa shape index (κ3) is 3.82. The molecule has 1 aliphatic rings. The summed E-state index contributed by atoms with van der Waals surface area (Å²) in [7, 11) is 0. The van der Waals surface area contributed by atoms with E-state index in [2.05, 4.69) is 30.0 Å². The first-order chi connectivity index (χ1) is 8.79. The van der Waals surface area contributed by atoms with Crippen LogP contribution in [-0.4, -0.2) is 18.0 Å². The van der Waals surface area contributed by atoms with E-state index in [1.165, 1.54) is 61.9 Å². The molecule has 2 nitrogen and oxygen atoms in total. The first-order valence-electron chi connectivity index (χ1n) is 7.30. The highest BCUT2D eigenvalue weighted by Gasteiger charge is 2.10. The number of likely N-dealkylation sites (tertiary alicyclic amines) is 1. The summed E-state index contributed by atoms with van der Waals surface area (Å²) in [6.45, 7) is 6.48. The fourth-order valence-corrected chi connectivity index (χ4v) is 2.77. The van der Waals surface area contributed by atoms with Gasteiger partial charge in [-0.1, -0.05) is 37.5 Å². The number of hydrogen-bond acceptors (Lipinski definition) is 2.